The van der Waals surface area contributed by atoms with E-state index in [0.29, 0.717) is 24.9 Å². The van der Waals surface area contributed by atoms with Crippen LogP contribution in [0, 0.1) is 5.92 Å². The lowest BCUT2D eigenvalue weighted by Crippen LogP contribution is -2.49. The third-order valence-electron chi connectivity index (χ3n) is 4.22. The monoisotopic (exact) mass is 314 g/mol. The van der Waals surface area contributed by atoms with Crippen molar-refractivity contribution in [2.24, 2.45) is 5.92 Å². The van der Waals surface area contributed by atoms with Crippen molar-refractivity contribution in [1.29, 1.82) is 0 Å². The number of anilines is 1. The predicted octanol–water partition coefficient (Wildman–Crippen LogP) is 3.44. The molecule has 0 radical (unpaired) electrons. The normalized spacial score (nSPS) is 17.4. The predicted molar refractivity (Wildman–Crippen MR) is 79.1 cm³/mol. The van der Waals surface area contributed by atoms with Gasteiger partial charge in [-0.15, -0.1) is 0 Å². The van der Waals surface area contributed by atoms with E-state index in [0.717, 1.165) is 18.4 Å². The summed E-state index contributed by atoms with van der Waals surface area (Å²) in [7, 11) is 0. The lowest BCUT2D eigenvalue weighted by Gasteiger charge is -2.27. The second-order valence-corrected chi connectivity index (χ2v) is 5.83. The highest BCUT2D eigenvalue weighted by atomic mass is 19.4. The van der Waals surface area contributed by atoms with Gasteiger partial charge in [0, 0.05) is 12.1 Å². The van der Waals surface area contributed by atoms with Gasteiger partial charge in [-0.05, 0) is 36.8 Å². The van der Waals surface area contributed by atoms with Crippen molar-refractivity contribution in [3.05, 3.63) is 29.8 Å². The van der Waals surface area contributed by atoms with Crippen LogP contribution in [0.25, 0.3) is 0 Å². The molecule has 2 rings (SSSR count). The molecule has 1 saturated carbocycles. The molecule has 3 nitrogen and oxygen atoms in total. The number of aryl methyl sites for hydroxylation is 1. The number of carbonyl (C=O) groups is 1. The molecule has 0 aliphatic heterocycles. The van der Waals surface area contributed by atoms with Crippen molar-refractivity contribution < 1.29 is 18.0 Å². The number of benzene rings is 1. The molecule has 0 saturated heterocycles. The molecule has 1 aliphatic carbocycles. The zero-order valence-electron chi connectivity index (χ0n) is 12.3. The number of para-hydroxylation sites is 1. The average Bonchev–Trinajstić information content (AvgIpc) is 2.96. The van der Waals surface area contributed by atoms with E-state index in [1.54, 1.807) is 24.3 Å². The molecular weight excluding hydrogens is 293 g/mol. The van der Waals surface area contributed by atoms with Crippen LogP contribution in [-0.2, 0) is 11.2 Å². The summed E-state index contributed by atoms with van der Waals surface area (Å²) < 4.78 is 39.4. The first kappa shape index (κ1) is 16.6. The maximum Gasteiger partial charge on any atom is 0.408 e. The van der Waals surface area contributed by atoms with Gasteiger partial charge in [-0.3, -0.25) is 4.79 Å². The second-order valence-electron chi connectivity index (χ2n) is 5.83. The van der Waals surface area contributed by atoms with E-state index in [-0.39, 0.29) is 6.42 Å². The summed E-state index contributed by atoms with van der Waals surface area (Å²) in [5.41, 5.74) is 7.10. The topological polar surface area (TPSA) is 55.1 Å². The smallest absolute Gasteiger partial charge is 0.399 e. The van der Waals surface area contributed by atoms with Crippen molar-refractivity contribution in [2.45, 2.75) is 50.7 Å². The maximum atomic E-state index is 13.1. The minimum Gasteiger partial charge on any atom is -0.399 e. The maximum absolute atomic E-state index is 13.1. The van der Waals surface area contributed by atoms with Crippen LogP contribution in [0.2, 0.25) is 0 Å². The van der Waals surface area contributed by atoms with Crippen molar-refractivity contribution in [1.82, 2.24) is 5.32 Å². The van der Waals surface area contributed by atoms with E-state index >= 15 is 0 Å². The third kappa shape index (κ3) is 4.39. The molecule has 1 aliphatic rings. The first-order chi connectivity index (χ1) is 10.4. The molecule has 1 unspecified atom stereocenters. The molecule has 0 aromatic heterocycles. The molecule has 0 heterocycles. The lowest BCUT2D eigenvalue weighted by atomic mass is 9.97. The van der Waals surface area contributed by atoms with Gasteiger partial charge in [0.05, 0.1) is 0 Å². The highest BCUT2D eigenvalue weighted by Crippen LogP contribution is 2.35. The largest absolute Gasteiger partial charge is 0.408 e. The van der Waals surface area contributed by atoms with Crippen LogP contribution in [0.1, 0.15) is 37.7 Å². The number of nitrogen functional groups attached to an aromatic ring is 1. The molecule has 1 fully saturated rings. The summed E-state index contributed by atoms with van der Waals surface area (Å²) in [6.07, 6.45) is -1.40. The van der Waals surface area contributed by atoms with Gasteiger partial charge in [0.1, 0.15) is 6.04 Å². The minimum atomic E-state index is -4.39. The Morgan fingerprint density at radius 3 is 2.50 bits per heavy atom. The van der Waals surface area contributed by atoms with Gasteiger partial charge in [-0.2, -0.15) is 13.2 Å². The number of nitrogens with two attached hydrogens (primary N) is 1. The molecule has 122 valence electrons. The molecule has 6 heteroatoms. The molecule has 1 atom stereocenters. The molecule has 3 N–H and O–H groups in total. The Kier molecular flexibility index (Phi) is 5.32. The quantitative estimate of drug-likeness (QED) is 0.818. The fourth-order valence-electron chi connectivity index (χ4n) is 3.01. The molecule has 0 spiro atoms. The van der Waals surface area contributed by atoms with Gasteiger partial charge in [-0.25, -0.2) is 0 Å². The van der Waals surface area contributed by atoms with Crippen LogP contribution in [-0.4, -0.2) is 18.1 Å². The van der Waals surface area contributed by atoms with Crippen molar-refractivity contribution in [3.8, 4) is 0 Å². The van der Waals surface area contributed by atoms with Gasteiger partial charge >= 0.3 is 6.18 Å². The van der Waals surface area contributed by atoms with Crippen molar-refractivity contribution >= 4 is 11.6 Å². The Labute approximate surface area is 128 Å². The molecule has 1 aromatic rings. The summed E-state index contributed by atoms with van der Waals surface area (Å²) in [6, 6.07) is 5.33. The standard InChI is InChI=1S/C16H21F3N2O/c17-16(18,19)15(12-6-1-2-7-12)21-14(22)10-9-11-5-3-4-8-13(11)20/h3-5,8,12,15H,1-2,6-7,9-10,20H2,(H,21,22). The second kappa shape index (κ2) is 7.03. The highest BCUT2D eigenvalue weighted by Gasteiger charge is 2.46. The van der Waals surface area contributed by atoms with Gasteiger partial charge in [-0.1, -0.05) is 31.0 Å². The van der Waals surface area contributed by atoms with E-state index in [1.165, 1.54) is 0 Å². The van der Waals surface area contributed by atoms with Gasteiger partial charge in [0.15, 0.2) is 0 Å². The number of alkyl halides is 3. The van der Waals surface area contributed by atoms with Crippen LogP contribution < -0.4 is 11.1 Å². The Morgan fingerprint density at radius 1 is 1.27 bits per heavy atom. The van der Waals surface area contributed by atoms with Crippen molar-refractivity contribution in [2.75, 3.05) is 5.73 Å². The summed E-state index contributed by atoms with van der Waals surface area (Å²) in [6.45, 7) is 0. The SMILES string of the molecule is Nc1ccccc1CCC(=O)NC(C1CCCC1)C(F)(F)F. The molecule has 1 amide bonds. The first-order valence-electron chi connectivity index (χ1n) is 7.57. The summed E-state index contributed by atoms with van der Waals surface area (Å²) >= 11 is 0. The van der Waals surface area contributed by atoms with Crippen LogP contribution in [0.3, 0.4) is 0 Å². The van der Waals surface area contributed by atoms with E-state index in [2.05, 4.69) is 5.32 Å². The van der Waals surface area contributed by atoms with Crippen molar-refractivity contribution in [3.63, 3.8) is 0 Å². The number of halogens is 3. The van der Waals surface area contributed by atoms with Crippen LogP contribution in [0.15, 0.2) is 24.3 Å². The summed E-state index contributed by atoms with van der Waals surface area (Å²) in [5, 5.41) is 2.18. The fraction of sp³-hybridized carbons (Fsp3) is 0.562. The molecular formula is C16H21F3N2O. The van der Waals surface area contributed by atoms with E-state index in [1.807, 2.05) is 0 Å². The Bertz CT molecular complexity index is 510. The highest BCUT2D eigenvalue weighted by molar-refractivity contribution is 5.77. The number of amides is 1. The van der Waals surface area contributed by atoms with E-state index in [4.69, 9.17) is 5.73 Å². The molecule has 22 heavy (non-hydrogen) atoms. The Balaban J connectivity index is 1.92. The van der Waals surface area contributed by atoms with Gasteiger partial charge < -0.3 is 11.1 Å². The zero-order valence-corrected chi connectivity index (χ0v) is 12.3. The number of nitrogens with one attached hydrogen (secondary N) is 1. The molecule has 0 bridgehead atoms. The molecule has 1 aromatic carbocycles. The third-order valence-corrected chi connectivity index (χ3v) is 4.22. The number of hydrogen-bond acceptors (Lipinski definition) is 2. The average molecular weight is 314 g/mol. The van der Waals surface area contributed by atoms with Crippen LogP contribution in [0.4, 0.5) is 18.9 Å². The number of rotatable bonds is 5. The van der Waals surface area contributed by atoms with Gasteiger partial charge in [0.2, 0.25) is 5.91 Å². The minimum absolute atomic E-state index is 0.00745. The van der Waals surface area contributed by atoms with E-state index < -0.39 is 24.0 Å². The van der Waals surface area contributed by atoms with Gasteiger partial charge in [0.25, 0.3) is 0 Å². The number of hydrogen-bond donors (Lipinski definition) is 2. The van der Waals surface area contributed by atoms with E-state index in [9.17, 15) is 18.0 Å². The fourth-order valence-corrected chi connectivity index (χ4v) is 3.01. The first-order valence-corrected chi connectivity index (χ1v) is 7.57. The number of carbonyl (C=O) groups excluding carboxylic acids is 1. The van der Waals surface area contributed by atoms with Crippen LogP contribution >= 0.6 is 0 Å². The van der Waals surface area contributed by atoms with Crippen LogP contribution in [0.5, 0.6) is 0 Å². The summed E-state index contributed by atoms with van der Waals surface area (Å²) in [4.78, 5) is 11.9. The Morgan fingerprint density at radius 2 is 1.91 bits per heavy atom. The zero-order chi connectivity index (χ0) is 16.2. The lowest BCUT2D eigenvalue weighted by molar-refractivity contribution is -0.171. The summed E-state index contributed by atoms with van der Waals surface area (Å²) in [5.74, 6) is -1.07. The Hall–Kier alpha value is -1.72.